The van der Waals surface area contributed by atoms with Gasteiger partial charge in [-0.15, -0.1) is 11.3 Å². The predicted molar refractivity (Wildman–Crippen MR) is 81.6 cm³/mol. The van der Waals surface area contributed by atoms with Crippen LogP contribution >= 0.6 is 11.3 Å². The molecule has 6 heteroatoms. The predicted octanol–water partition coefficient (Wildman–Crippen LogP) is 2.10. The monoisotopic (exact) mass is 297 g/mol. The highest BCUT2D eigenvalue weighted by atomic mass is 32.1. The summed E-state index contributed by atoms with van der Waals surface area (Å²) in [6.45, 7) is 11.9. The standard InChI is InChI=1S/C14H23N3O2S/c1-4-19-13(18)12-10-20-14(15-12)17-7-5-16(6-8-17)9-11(2)3/h10-11H,4-9H2,1-3H3. The molecular formula is C14H23N3O2S. The van der Waals surface area contributed by atoms with E-state index in [0.29, 0.717) is 18.2 Å². The van der Waals surface area contributed by atoms with Crippen molar-refractivity contribution < 1.29 is 9.53 Å². The zero-order valence-corrected chi connectivity index (χ0v) is 13.3. The molecule has 0 unspecified atom stereocenters. The average Bonchev–Trinajstić information content (AvgIpc) is 2.89. The van der Waals surface area contributed by atoms with Crippen LogP contribution in [0.3, 0.4) is 0 Å². The van der Waals surface area contributed by atoms with Gasteiger partial charge in [-0.2, -0.15) is 0 Å². The number of aromatic nitrogens is 1. The molecule has 0 amide bonds. The molecule has 0 radical (unpaired) electrons. The second-order valence-electron chi connectivity index (χ2n) is 5.42. The maximum Gasteiger partial charge on any atom is 0.357 e. The number of piperazine rings is 1. The number of carbonyl (C=O) groups is 1. The minimum atomic E-state index is -0.326. The van der Waals surface area contributed by atoms with E-state index in [4.69, 9.17) is 4.74 Å². The Labute approximate surface area is 124 Å². The number of nitrogens with zero attached hydrogens (tertiary/aromatic N) is 3. The summed E-state index contributed by atoms with van der Waals surface area (Å²) in [6.07, 6.45) is 0. The fraction of sp³-hybridized carbons (Fsp3) is 0.714. The Kier molecular flexibility index (Phi) is 5.37. The van der Waals surface area contributed by atoms with Gasteiger partial charge in [0, 0.05) is 38.1 Å². The highest BCUT2D eigenvalue weighted by Gasteiger charge is 2.21. The van der Waals surface area contributed by atoms with Crippen molar-refractivity contribution in [1.29, 1.82) is 0 Å². The largest absolute Gasteiger partial charge is 0.461 e. The lowest BCUT2D eigenvalue weighted by Crippen LogP contribution is -2.47. The number of carbonyl (C=O) groups excluding carboxylic acids is 1. The molecule has 1 aliphatic rings. The first-order chi connectivity index (χ1) is 9.60. The zero-order chi connectivity index (χ0) is 14.5. The van der Waals surface area contributed by atoms with Gasteiger partial charge < -0.3 is 9.64 Å². The third-order valence-electron chi connectivity index (χ3n) is 3.24. The van der Waals surface area contributed by atoms with E-state index < -0.39 is 0 Å². The van der Waals surface area contributed by atoms with Crippen molar-refractivity contribution in [2.45, 2.75) is 20.8 Å². The molecule has 2 heterocycles. The smallest absolute Gasteiger partial charge is 0.357 e. The van der Waals surface area contributed by atoms with Gasteiger partial charge in [-0.3, -0.25) is 4.90 Å². The van der Waals surface area contributed by atoms with Crippen molar-refractivity contribution >= 4 is 22.4 Å². The van der Waals surface area contributed by atoms with E-state index in [1.54, 1.807) is 12.3 Å². The minimum absolute atomic E-state index is 0.326. The third kappa shape index (κ3) is 3.93. The van der Waals surface area contributed by atoms with E-state index in [9.17, 15) is 4.79 Å². The van der Waals surface area contributed by atoms with Crippen molar-refractivity contribution in [3.63, 3.8) is 0 Å². The van der Waals surface area contributed by atoms with Crippen LogP contribution in [0.4, 0.5) is 5.13 Å². The Balaban J connectivity index is 1.89. The van der Waals surface area contributed by atoms with Gasteiger partial charge in [-0.1, -0.05) is 13.8 Å². The van der Waals surface area contributed by atoms with Crippen LogP contribution in [0, 0.1) is 5.92 Å². The van der Waals surface area contributed by atoms with Crippen molar-refractivity contribution in [2.75, 3.05) is 44.2 Å². The first-order valence-corrected chi connectivity index (χ1v) is 8.08. The van der Waals surface area contributed by atoms with Gasteiger partial charge in [0.25, 0.3) is 0 Å². The molecule has 1 aliphatic heterocycles. The van der Waals surface area contributed by atoms with E-state index in [1.165, 1.54) is 11.3 Å². The number of rotatable bonds is 5. The molecule has 0 saturated carbocycles. The molecule has 0 bridgehead atoms. The normalized spacial score (nSPS) is 16.7. The Hall–Kier alpha value is -1.14. The average molecular weight is 297 g/mol. The van der Waals surface area contributed by atoms with Gasteiger partial charge in [0.2, 0.25) is 0 Å². The van der Waals surface area contributed by atoms with E-state index in [2.05, 4.69) is 28.6 Å². The van der Waals surface area contributed by atoms with Crippen LogP contribution in [0.5, 0.6) is 0 Å². The Bertz CT molecular complexity index is 439. The maximum absolute atomic E-state index is 11.6. The summed E-state index contributed by atoms with van der Waals surface area (Å²) in [5, 5.41) is 2.71. The summed E-state index contributed by atoms with van der Waals surface area (Å²) in [7, 11) is 0. The molecule has 0 spiro atoms. The zero-order valence-electron chi connectivity index (χ0n) is 12.5. The van der Waals surface area contributed by atoms with Gasteiger partial charge in [0.05, 0.1) is 6.61 Å². The van der Waals surface area contributed by atoms with Crippen LogP contribution in [0.1, 0.15) is 31.3 Å². The maximum atomic E-state index is 11.6. The third-order valence-corrected chi connectivity index (χ3v) is 4.14. The van der Waals surface area contributed by atoms with Crippen LogP contribution < -0.4 is 4.90 Å². The van der Waals surface area contributed by atoms with Crippen molar-refractivity contribution in [1.82, 2.24) is 9.88 Å². The van der Waals surface area contributed by atoms with Gasteiger partial charge in [0.15, 0.2) is 10.8 Å². The van der Waals surface area contributed by atoms with Crippen LogP contribution in [-0.2, 0) is 4.74 Å². The molecule has 0 N–H and O–H groups in total. The first kappa shape index (κ1) is 15.3. The lowest BCUT2D eigenvalue weighted by molar-refractivity contribution is 0.0520. The number of anilines is 1. The number of ether oxygens (including phenoxy) is 1. The number of hydrogen-bond acceptors (Lipinski definition) is 6. The molecule has 112 valence electrons. The van der Waals surface area contributed by atoms with Gasteiger partial charge in [-0.05, 0) is 12.8 Å². The molecular weight excluding hydrogens is 274 g/mol. The minimum Gasteiger partial charge on any atom is -0.461 e. The van der Waals surface area contributed by atoms with Crippen molar-refractivity contribution in [3.05, 3.63) is 11.1 Å². The lowest BCUT2D eigenvalue weighted by atomic mass is 10.2. The number of thiazole rings is 1. The molecule has 1 aromatic heterocycles. The summed E-state index contributed by atoms with van der Waals surface area (Å²) in [5.41, 5.74) is 0.427. The van der Waals surface area contributed by atoms with Gasteiger partial charge in [-0.25, -0.2) is 9.78 Å². The number of hydrogen-bond donors (Lipinski definition) is 0. The molecule has 0 aromatic carbocycles. The van der Waals surface area contributed by atoms with Crippen LogP contribution in [0.2, 0.25) is 0 Å². The molecule has 2 rings (SSSR count). The quantitative estimate of drug-likeness (QED) is 0.779. The Morgan fingerprint density at radius 2 is 2.10 bits per heavy atom. The van der Waals surface area contributed by atoms with Gasteiger partial charge in [0.1, 0.15) is 0 Å². The summed E-state index contributed by atoms with van der Waals surface area (Å²) in [5.74, 6) is 0.380. The fourth-order valence-corrected chi connectivity index (χ4v) is 3.20. The van der Waals surface area contributed by atoms with Crippen molar-refractivity contribution in [3.8, 4) is 0 Å². The summed E-state index contributed by atoms with van der Waals surface area (Å²) in [4.78, 5) is 20.7. The van der Waals surface area contributed by atoms with Gasteiger partial charge >= 0.3 is 5.97 Å². The molecule has 1 fully saturated rings. The second-order valence-corrected chi connectivity index (χ2v) is 6.25. The topological polar surface area (TPSA) is 45.7 Å². The fourth-order valence-electron chi connectivity index (χ4n) is 2.35. The molecule has 20 heavy (non-hydrogen) atoms. The number of esters is 1. The van der Waals surface area contributed by atoms with Crippen LogP contribution in [0.25, 0.3) is 0 Å². The SMILES string of the molecule is CCOC(=O)c1csc(N2CCN(CC(C)C)CC2)n1. The highest BCUT2D eigenvalue weighted by Crippen LogP contribution is 2.22. The lowest BCUT2D eigenvalue weighted by Gasteiger charge is -2.35. The first-order valence-electron chi connectivity index (χ1n) is 7.20. The summed E-state index contributed by atoms with van der Waals surface area (Å²) in [6, 6.07) is 0. The Morgan fingerprint density at radius 1 is 1.40 bits per heavy atom. The molecule has 0 aliphatic carbocycles. The molecule has 1 saturated heterocycles. The van der Waals surface area contributed by atoms with E-state index in [0.717, 1.165) is 37.9 Å². The molecule has 5 nitrogen and oxygen atoms in total. The second kappa shape index (κ2) is 7.04. The van der Waals surface area contributed by atoms with Crippen LogP contribution in [0.15, 0.2) is 5.38 Å². The summed E-state index contributed by atoms with van der Waals surface area (Å²) < 4.78 is 4.97. The van der Waals surface area contributed by atoms with Crippen LogP contribution in [-0.4, -0.2) is 55.2 Å². The Morgan fingerprint density at radius 3 is 2.70 bits per heavy atom. The molecule has 1 aromatic rings. The summed E-state index contributed by atoms with van der Waals surface area (Å²) >= 11 is 1.52. The van der Waals surface area contributed by atoms with Crippen molar-refractivity contribution in [2.24, 2.45) is 5.92 Å². The van der Waals surface area contributed by atoms with E-state index in [1.807, 2.05) is 0 Å². The molecule has 0 atom stereocenters. The van der Waals surface area contributed by atoms with E-state index in [-0.39, 0.29) is 5.97 Å². The van der Waals surface area contributed by atoms with E-state index >= 15 is 0 Å². The highest BCUT2D eigenvalue weighted by molar-refractivity contribution is 7.13.